The smallest absolute Gasteiger partial charge is 0.408 e. The van der Waals surface area contributed by atoms with Gasteiger partial charge in [0.05, 0.1) is 10.4 Å². The summed E-state index contributed by atoms with van der Waals surface area (Å²) < 4.78 is 34.3. The average molecular weight is 458 g/mol. The lowest BCUT2D eigenvalue weighted by molar-refractivity contribution is -0.116. The molecule has 1 saturated heterocycles. The third kappa shape index (κ3) is 4.35. The zero-order chi connectivity index (χ0) is 23.0. The summed E-state index contributed by atoms with van der Waals surface area (Å²) >= 11 is 0. The quantitative estimate of drug-likeness (QED) is 0.634. The molecule has 1 fully saturated rings. The van der Waals surface area contributed by atoms with E-state index in [1.807, 2.05) is 39.0 Å². The molecule has 0 aliphatic carbocycles. The van der Waals surface area contributed by atoms with Crippen LogP contribution in [0.1, 0.15) is 25.8 Å². The largest absolute Gasteiger partial charge is 0.420 e. The second kappa shape index (κ2) is 8.55. The number of nitrogens with one attached hydrogen (secondary N) is 1. The van der Waals surface area contributed by atoms with E-state index in [-0.39, 0.29) is 34.8 Å². The molecule has 8 nitrogen and oxygen atoms in total. The van der Waals surface area contributed by atoms with Crippen LogP contribution >= 0.6 is 0 Å². The molecule has 1 aromatic heterocycles. The fourth-order valence-corrected chi connectivity index (χ4v) is 6.05. The summed E-state index contributed by atoms with van der Waals surface area (Å²) in [6.07, 6.45) is 0.993. The minimum Gasteiger partial charge on any atom is -0.408 e. The van der Waals surface area contributed by atoms with Crippen LogP contribution in [0.25, 0.3) is 11.1 Å². The van der Waals surface area contributed by atoms with Gasteiger partial charge in [0.15, 0.2) is 5.58 Å². The number of hydrogen-bond acceptors (Lipinski definition) is 5. The van der Waals surface area contributed by atoms with E-state index in [1.54, 1.807) is 6.07 Å². The van der Waals surface area contributed by atoms with Crippen LogP contribution in [0.3, 0.4) is 0 Å². The Morgan fingerprint density at radius 2 is 1.81 bits per heavy atom. The Morgan fingerprint density at radius 3 is 2.50 bits per heavy atom. The lowest BCUT2D eigenvalue weighted by Crippen LogP contribution is -2.42. The van der Waals surface area contributed by atoms with E-state index in [0.29, 0.717) is 24.3 Å². The summed E-state index contributed by atoms with van der Waals surface area (Å²) in [7, 11) is -3.71. The number of fused-ring (bicyclic) bond motifs is 1. The normalized spacial score (nSPS) is 19.8. The third-order valence-electron chi connectivity index (χ3n) is 5.83. The Morgan fingerprint density at radius 1 is 1.12 bits per heavy atom. The number of para-hydroxylation sites is 1. The van der Waals surface area contributed by atoms with Crippen LogP contribution in [0.5, 0.6) is 0 Å². The highest BCUT2D eigenvalue weighted by Crippen LogP contribution is 2.28. The van der Waals surface area contributed by atoms with Crippen LogP contribution in [0.4, 0.5) is 5.69 Å². The molecule has 9 heteroatoms. The molecule has 170 valence electrons. The lowest BCUT2D eigenvalue weighted by atomic mass is 9.94. The van der Waals surface area contributed by atoms with Crippen molar-refractivity contribution in [3.63, 3.8) is 0 Å². The topological polar surface area (TPSA) is 102 Å². The first-order valence-electron chi connectivity index (χ1n) is 10.6. The average Bonchev–Trinajstić information content (AvgIpc) is 3.03. The summed E-state index contributed by atoms with van der Waals surface area (Å²) in [5, 5.41) is 2.78. The Balaban J connectivity index is 1.60. The van der Waals surface area contributed by atoms with Gasteiger partial charge >= 0.3 is 5.76 Å². The molecule has 4 rings (SSSR count). The lowest BCUT2D eigenvalue weighted by Gasteiger charge is -2.34. The van der Waals surface area contributed by atoms with Gasteiger partial charge in [-0.1, -0.05) is 32.0 Å². The van der Waals surface area contributed by atoms with Crippen LogP contribution < -0.4 is 11.1 Å². The van der Waals surface area contributed by atoms with Gasteiger partial charge in [-0.25, -0.2) is 13.2 Å². The molecule has 1 N–H and O–H groups in total. The number of aromatic nitrogens is 1. The van der Waals surface area contributed by atoms with Crippen molar-refractivity contribution in [2.75, 3.05) is 18.4 Å². The molecule has 2 heterocycles. The van der Waals surface area contributed by atoms with Gasteiger partial charge in [-0.3, -0.25) is 9.36 Å². The molecular formula is C23H27N3O5S. The van der Waals surface area contributed by atoms with Crippen LogP contribution in [-0.2, 0) is 21.4 Å². The molecule has 2 aromatic carbocycles. The molecular weight excluding hydrogens is 430 g/mol. The highest BCUT2D eigenvalue weighted by Gasteiger charge is 2.32. The molecule has 0 spiro atoms. The van der Waals surface area contributed by atoms with E-state index in [1.165, 1.54) is 27.1 Å². The van der Waals surface area contributed by atoms with Gasteiger partial charge in [-0.05, 0) is 48.9 Å². The summed E-state index contributed by atoms with van der Waals surface area (Å²) in [5.41, 5.74) is 2.07. The zero-order valence-electron chi connectivity index (χ0n) is 18.4. The number of carbonyl (C=O) groups is 1. The molecule has 0 bridgehead atoms. The monoisotopic (exact) mass is 457 g/mol. The van der Waals surface area contributed by atoms with Crippen molar-refractivity contribution in [1.29, 1.82) is 0 Å². The maximum Gasteiger partial charge on any atom is 0.420 e. The van der Waals surface area contributed by atoms with Gasteiger partial charge in [0, 0.05) is 24.8 Å². The van der Waals surface area contributed by atoms with E-state index in [9.17, 15) is 18.0 Å². The first-order chi connectivity index (χ1) is 15.1. The number of nitrogens with zero attached hydrogens (tertiary/aromatic N) is 2. The van der Waals surface area contributed by atoms with Gasteiger partial charge in [0.25, 0.3) is 0 Å². The summed E-state index contributed by atoms with van der Waals surface area (Å²) in [4.78, 5) is 25.0. The highest BCUT2D eigenvalue weighted by molar-refractivity contribution is 7.89. The Labute approximate surface area is 186 Å². The standard InChI is InChI=1S/C23H27N3O5S/c1-15-10-16(2)13-25(12-15)32(29,30)18-8-9-20-21(11-18)31-23(28)26(20)14-22(27)24-19-7-5-4-6-17(19)3/h4-9,11,15-16H,10,12-14H2,1-3H3,(H,24,27)/t15-,16-/m0/s1. The fraction of sp³-hybridized carbons (Fsp3) is 0.391. The molecule has 0 saturated carbocycles. The summed E-state index contributed by atoms with van der Waals surface area (Å²) in [6.45, 7) is 6.66. The van der Waals surface area contributed by atoms with E-state index in [4.69, 9.17) is 4.42 Å². The fourth-order valence-electron chi connectivity index (χ4n) is 4.35. The summed E-state index contributed by atoms with van der Waals surface area (Å²) in [6, 6.07) is 11.7. The Kier molecular flexibility index (Phi) is 5.96. The van der Waals surface area contributed by atoms with Gasteiger partial charge < -0.3 is 9.73 Å². The van der Waals surface area contributed by atoms with Crippen LogP contribution in [0.15, 0.2) is 56.6 Å². The number of aryl methyl sites for hydroxylation is 1. The second-order valence-electron chi connectivity index (χ2n) is 8.71. The first-order valence-corrected chi connectivity index (χ1v) is 12.1. The number of carbonyl (C=O) groups excluding carboxylic acids is 1. The number of hydrogen-bond donors (Lipinski definition) is 1. The second-order valence-corrected chi connectivity index (χ2v) is 10.7. The number of anilines is 1. The number of benzene rings is 2. The molecule has 0 radical (unpaired) electrons. The Hall–Kier alpha value is -2.91. The first kappa shape index (κ1) is 22.3. The molecule has 0 unspecified atom stereocenters. The molecule has 3 aromatic rings. The SMILES string of the molecule is Cc1ccccc1NC(=O)Cn1c(=O)oc2cc(S(=O)(=O)N3C[C@@H](C)C[C@H](C)C3)ccc21. The van der Waals surface area contributed by atoms with Crippen LogP contribution in [-0.4, -0.2) is 36.3 Å². The van der Waals surface area contributed by atoms with Crippen molar-refractivity contribution in [3.05, 3.63) is 58.6 Å². The number of piperidine rings is 1. The minimum absolute atomic E-state index is 0.0801. The predicted octanol–water partition coefficient (Wildman–Crippen LogP) is 3.21. The van der Waals surface area contributed by atoms with E-state index in [2.05, 4.69) is 5.32 Å². The molecule has 2 atom stereocenters. The minimum atomic E-state index is -3.71. The third-order valence-corrected chi connectivity index (χ3v) is 7.66. The zero-order valence-corrected chi connectivity index (χ0v) is 19.2. The molecule has 1 amide bonds. The van der Waals surface area contributed by atoms with Crippen molar-refractivity contribution < 1.29 is 17.6 Å². The summed E-state index contributed by atoms with van der Waals surface area (Å²) in [5.74, 6) is -0.530. The van der Waals surface area contributed by atoms with Gasteiger partial charge in [-0.2, -0.15) is 4.31 Å². The number of oxazole rings is 1. The van der Waals surface area contributed by atoms with E-state index in [0.717, 1.165) is 12.0 Å². The number of amides is 1. The van der Waals surface area contributed by atoms with Crippen LogP contribution in [0.2, 0.25) is 0 Å². The van der Waals surface area contributed by atoms with Crippen molar-refractivity contribution >= 4 is 32.7 Å². The molecule has 1 aliphatic rings. The predicted molar refractivity (Wildman–Crippen MR) is 122 cm³/mol. The Bertz CT molecular complexity index is 1310. The highest BCUT2D eigenvalue weighted by atomic mass is 32.2. The van der Waals surface area contributed by atoms with Crippen molar-refractivity contribution in [3.8, 4) is 0 Å². The van der Waals surface area contributed by atoms with Crippen molar-refractivity contribution in [2.24, 2.45) is 11.8 Å². The van der Waals surface area contributed by atoms with Crippen molar-refractivity contribution in [2.45, 2.75) is 38.6 Å². The van der Waals surface area contributed by atoms with Crippen molar-refractivity contribution in [1.82, 2.24) is 8.87 Å². The van der Waals surface area contributed by atoms with Gasteiger partial charge in [0.2, 0.25) is 15.9 Å². The van der Waals surface area contributed by atoms with Crippen LogP contribution in [0, 0.1) is 18.8 Å². The molecule has 1 aliphatic heterocycles. The van der Waals surface area contributed by atoms with E-state index >= 15 is 0 Å². The molecule has 32 heavy (non-hydrogen) atoms. The maximum atomic E-state index is 13.2. The maximum absolute atomic E-state index is 13.2. The number of rotatable bonds is 5. The number of sulfonamides is 1. The van der Waals surface area contributed by atoms with E-state index < -0.39 is 15.8 Å². The van der Waals surface area contributed by atoms with Gasteiger partial charge in [0.1, 0.15) is 6.54 Å². The van der Waals surface area contributed by atoms with Gasteiger partial charge in [-0.15, -0.1) is 0 Å².